The average molecular weight is 624 g/mol. The van der Waals surface area contributed by atoms with Crippen molar-refractivity contribution in [3.63, 3.8) is 0 Å². The molecule has 13 nitrogen and oxygen atoms in total. The lowest BCUT2D eigenvalue weighted by Gasteiger charge is -2.61. The molecule has 13 heteroatoms. The van der Waals surface area contributed by atoms with Crippen LogP contribution in [-0.2, 0) is 45.2 Å². The smallest absolute Gasteiger partial charge is 0.349 e. The predicted octanol–water partition coefficient (Wildman–Crippen LogP) is 1.26. The number of carbonyl (C=O) groups is 4. The summed E-state index contributed by atoms with van der Waals surface area (Å²) in [6.45, 7) is 1.79. The maximum Gasteiger partial charge on any atom is 0.349 e. The Morgan fingerprint density at radius 3 is 2.53 bits per heavy atom. The molecule has 6 rings (SSSR count). The highest BCUT2D eigenvalue weighted by Crippen LogP contribution is 2.65. The quantitative estimate of drug-likeness (QED) is 0.231. The van der Waals surface area contributed by atoms with E-state index in [1.165, 1.54) is 31.2 Å². The van der Waals surface area contributed by atoms with E-state index in [9.17, 15) is 39.6 Å². The number of rotatable bonds is 9. The Hall–Kier alpha value is -4.46. The molecule has 2 heterocycles. The van der Waals surface area contributed by atoms with Crippen molar-refractivity contribution in [3.8, 4) is 11.5 Å². The summed E-state index contributed by atoms with van der Waals surface area (Å²) in [6, 6.07) is 10.8. The zero-order valence-electron chi connectivity index (χ0n) is 24.5. The maximum atomic E-state index is 13.0. The van der Waals surface area contributed by atoms with Crippen LogP contribution in [0.15, 0.2) is 54.3 Å². The van der Waals surface area contributed by atoms with Gasteiger partial charge in [0.1, 0.15) is 5.76 Å². The van der Waals surface area contributed by atoms with Crippen LogP contribution in [0.3, 0.4) is 0 Å². The lowest BCUT2D eigenvalue weighted by Crippen LogP contribution is -2.74. The molecule has 0 radical (unpaired) electrons. The molecular weight excluding hydrogens is 590 g/mol. The van der Waals surface area contributed by atoms with Gasteiger partial charge in [-0.1, -0.05) is 36.4 Å². The maximum absolute atomic E-state index is 13.0. The summed E-state index contributed by atoms with van der Waals surface area (Å²) in [4.78, 5) is 51.7. The number of aliphatic carboxylic acids is 1. The van der Waals surface area contributed by atoms with Gasteiger partial charge in [-0.15, -0.1) is 0 Å². The van der Waals surface area contributed by atoms with E-state index in [-0.39, 0.29) is 35.3 Å². The van der Waals surface area contributed by atoms with Crippen molar-refractivity contribution in [2.75, 3.05) is 13.6 Å². The molecule has 1 spiro atoms. The van der Waals surface area contributed by atoms with Crippen molar-refractivity contribution >= 4 is 23.9 Å². The van der Waals surface area contributed by atoms with Crippen molar-refractivity contribution in [1.29, 1.82) is 0 Å². The predicted molar refractivity (Wildman–Crippen MR) is 152 cm³/mol. The van der Waals surface area contributed by atoms with Crippen molar-refractivity contribution in [2.45, 2.75) is 74.1 Å². The summed E-state index contributed by atoms with van der Waals surface area (Å²) < 4.78 is 21.8. The Morgan fingerprint density at radius 2 is 1.82 bits per heavy atom. The third-order valence-corrected chi connectivity index (χ3v) is 9.40. The lowest BCUT2D eigenvalue weighted by atomic mass is 9.50. The van der Waals surface area contributed by atoms with Crippen LogP contribution in [0.1, 0.15) is 49.0 Å². The minimum atomic E-state index is -1.99. The Balaban J connectivity index is 1.12. The topological polar surface area (TPSA) is 189 Å². The van der Waals surface area contributed by atoms with Crippen LogP contribution in [0.5, 0.6) is 11.5 Å². The minimum absolute atomic E-state index is 0.0430. The van der Waals surface area contributed by atoms with E-state index >= 15 is 0 Å². The number of ether oxygens (including phenoxy) is 4. The van der Waals surface area contributed by atoms with E-state index in [1.807, 2.05) is 13.1 Å². The monoisotopic (exact) mass is 623 g/mol. The summed E-state index contributed by atoms with van der Waals surface area (Å²) in [6.07, 6.45) is -4.34. The first-order valence-electron chi connectivity index (χ1n) is 14.6. The number of likely N-dealkylation sites (N-methyl/N-ethyl adjacent to an activating group) is 1. The first kappa shape index (κ1) is 30.6. The van der Waals surface area contributed by atoms with E-state index in [4.69, 9.17) is 18.9 Å². The molecule has 238 valence electrons. The molecule has 4 N–H and O–H groups in total. The second-order valence-corrected chi connectivity index (χ2v) is 11.9. The fourth-order valence-corrected chi connectivity index (χ4v) is 7.26. The van der Waals surface area contributed by atoms with Crippen LogP contribution >= 0.6 is 0 Å². The van der Waals surface area contributed by atoms with Crippen LogP contribution in [0.25, 0.3) is 0 Å². The molecule has 2 aliphatic heterocycles. The van der Waals surface area contributed by atoms with Gasteiger partial charge in [-0.25, -0.2) is 14.4 Å². The van der Waals surface area contributed by atoms with Gasteiger partial charge in [-0.05, 0) is 51.1 Å². The third-order valence-electron chi connectivity index (χ3n) is 9.40. The zero-order valence-corrected chi connectivity index (χ0v) is 24.5. The highest BCUT2D eigenvalue weighted by molar-refractivity contribution is 5.85. The van der Waals surface area contributed by atoms with Gasteiger partial charge in [0.2, 0.25) is 6.10 Å². The van der Waals surface area contributed by atoms with Gasteiger partial charge < -0.3 is 44.3 Å². The molecule has 0 unspecified atom stereocenters. The molecule has 45 heavy (non-hydrogen) atoms. The van der Waals surface area contributed by atoms with Gasteiger partial charge in [0.05, 0.1) is 17.4 Å². The summed E-state index contributed by atoms with van der Waals surface area (Å²) in [5, 5.41) is 42.8. The number of aliphatic hydroxyl groups excluding tert-OH is 1. The molecule has 2 aromatic carbocycles. The van der Waals surface area contributed by atoms with E-state index in [0.29, 0.717) is 24.9 Å². The van der Waals surface area contributed by atoms with Crippen LogP contribution in [0, 0.1) is 0 Å². The van der Waals surface area contributed by atoms with Crippen LogP contribution in [0.2, 0.25) is 0 Å². The Morgan fingerprint density at radius 1 is 1.09 bits per heavy atom. The van der Waals surface area contributed by atoms with Gasteiger partial charge in [0.15, 0.2) is 29.8 Å². The molecule has 1 saturated heterocycles. The second kappa shape index (κ2) is 11.2. The molecule has 1 fully saturated rings. The summed E-state index contributed by atoms with van der Waals surface area (Å²) in [7, 11) is 1.94. The highest BCUT2D eigenvalue weighted by atomic mass is 16.6. The number of phenolic OH excluding ortho intramolecular Hbond substituents is 1. The average Bonchev–Trinajstić information content (AvgIpc) is 3.36. The molecule has 2 aliphatic carbocycles. The normalized spacial score (nSPS) is 28.0. The minimum Gasteiger partial charge on any atom is -0.504 e. The number of aromatic hydroxyl groups is 1. The third kappa shape index (κ3) is 4.82. The Kier molecular flexibility index (Phi) is 7.58. The summed E-state index contributed by atoms with van der Waals surface area (Å²) >= 11 is 0. The number of carboxylic acids is 1. The number of hydrogen-bond acceptors (Lipinski definition) is 12. The number of likely N-dealkylation sites (tertiary alicyclic amines) is 1. The molecule has 2 bridgehead atoms. The lowest BCUT2D eigenvalue weighted by molar-refractivity contribution is -0.178. The molecule has 7 atom stereocenters. The van der Waals surface area contributed by atoms with Gasteiger partial charge in [-0.3, -0.25) is 4.79 Å². The van der Waals surface area contributed by atoms with Crippen LogP contribution in [0.4, 0.5) is 0 Å². The van der Waals surface area contributed by atoms with Gasteiger partial charge >= 0.3 is 23.9 Å². The number of piperidine rings is 1. The Labute approximate surface area is 257 Å². The second-order valence-electron chi connectivity index (χ2n) is 11.9. The van der Waals surface area contributed by atoms with Crippen molar-refractivity contribution in [2.24, 2.45) is 0 Å². The first-order valence-corrected chi connectivity index (χ1v) is 14.6. The number of phenols is 1. The number of carbonyl (C=O) groups excluding carboxylic acids is 3. The summed E-state index contributed by atoms with van der Waals surface area (Å²) in [5.41, 5.74) is -0.463. The van der Waals surface area contributed by atoms with Crippen molar-refractivity contribution in [3.05, 3.63) is 71.0 Å². The fourth-order valence-electron chi connectivity index (χ4n) is 7.26. The van der Waals surface area contributed by atoms with Crippen LogP contribution in [-0.4, -0.2) is 92.8 Å². The number of esters is 3. The molecule has 0 saturated carbocycles. The zero-order chi connectivity index (χ0) is 32.3. The first-order chi connectivity index (χ1) is 21.4. The van der Waals surface area contributed by atoms with Gasteiger partial charge in [0, 0.05) is 23.6 Å². The van der Waals surface area contributed by atoms with E-state index in [2.05, 4.69) is 4.90 Å². The fraction of sp³-hybridized carbons (Fsp3) is 0.438. The van der Waals surface area contributed by atoms with Crippen molar-refractivity contribution < 1.29 is 58.6 Å². The number of benzene rings is 2. The van der Waals surface area contributed by atoms with E-state index < -0.39 is 65.7 Å². The highest BCUT2D eigenvalue weighted by Gasteiger charge is 2.72. The SMILES string of the molecule is C[C@H](OC(=O)C[C@H](O)C(=O)OC1=CC[C@@]2(O)[C@@H]3Cc4ccc(O)c5c4[C@@]2(CCN3C)[C@H]1O5)C(=O)O[C@H](C(=O)O)c1ccccc1. The molecule has 0 aromatic heterocycles. The van der Waals surface area contributed by atoms with Gasteiger partial charge in [-0.2, -0.15) is 0 Å². The molecule has 2 aromatic rings. The molecule has 4 aliphatic rings. The van der Waals surface area contributed by atoms with Crippen molar-refractivity contribution in [1.82, 2.24) is 4.90 Å². The molecular formula is C32H33NO12. The number of aliphatic hydroxyl groups is 2. The largest absolute Gasteiger partial charge is 0.504 e. The summed E-state index contributed by atoms with van der Waals surface area (Å²) in [5.74, 6) is -4.71. The van der Waals surface area contributed by atoms with Crippen LogP contribution < -0.4 is 4.74 Å². The number of hydrogen-bond donors (Lipinski definition) is 4. The number of carboxylic acid groups (broad SMARTS) is 1. The van der Waals surface area contributed by atoms with Gasteiger partial charge in [0.25, 0.3) is 0 Å². The standard InChI is InChI=1S/C32H33NO12/c1-16(29(39)45-25(28(37)38)17-6-4-3-5-7-17)42-23(36)15-20(35)30(40)43-21-10-11-32(41)22-14-18-8-9-19(34)26-24(18)31(32,27(21)44-26)12-13-33(22)2/h3-10,16,20,22,25,27,34-35,41H,11-15H2,1-2H3,(H,37,38)/t16-,20-,22-,25-,27-,31-,32+/m0/s1. The van der Waals surface area contributed by atoms with E-state index in [1.54, 1.807) is 18.2 Å². The molecule has 0 amide bonds. The number of nitrogens with zero attached hydrogens (tertiary/aromatic N) is 1. The van der Waals surface area contributed by atoms with E-state index in [0.717, 1.165) is 5.56 Å². The Bertz CT molecular complexity index is 1590.